The van der Waals surface area contributed by atoms with Crippen LogP contribution in [0.5, 0.6) is 0 Å². The van der Waals surface area contributed by atoms with E-state index in [0.29, 0.717) is 5.69 Å². The van der Waals surface area contributed by atoms with E-state index in [1.807, 2.05) is 49.4 Å². The van der Waals surface area contributed by atoms with Crippen molar-refractivity contribution >= 4 is 38.2 Å². The number of para-hydroxylation sites is 1. The van der Waals surface area contributed by atoms with Crippen molar-refractivity contribution in [3.05, 3.63) is 62.4 Å². The number of benzene rings is 1. The van der Waals surface area contributed by atoms with Crippen molar-refractivity contribution in [3.63, 3.8) is 0 Å². The van der Waals surface area contributed by atoms with Crippen LogP contribution in [0.3, 0.4) is 0 Å². The fourth-order valence-electron chi connectivity index (χ4n) is 2.03. The Hall–Kier alpha value is -1.23. The number of aliphatic hydroxyl groups is 1. The quantitative estimate of drug-likeness (QED) is 0.751. The van der Waals surface area contributed by atoms with E-state index in [9.17, 15) is 5.11 Å². The minimum Gasteiger partial charge on any atom is -0.381 e. The Balaban J connectivity index is 2.11. The fraction of sp³-hybridized carbons (Fsp3) is 0.133. The summed E-state index contributed by atoms with van der Waals surface area (Å²) in [5.74, 6) is 0. The maximum absolute atomic E-state index is 10.5. The zero-order chi connectivity index (χ0) is 13.4. The van der Waals surface area contributed by atoms with Gasteiger partial charge in [-0.2, -0.15) is 0 Å². The van der Waals surface area contributed by atoms with Gasteiger partial charge in [0.2, 0.25) is 0 Å². The maximum Gasteiger partial charge on any atom is 0.131 e. The summed E-state index contributed by atoms with van der Waals surface area (Å²) in [6, 6.07) is 13.9. The minimum absolute atomic E-state index is 0.667. The van der Waals surface area contributed by atoms with E-state index in [1.165, 1.54) is 4.88 Å². The molecule has 19 heavy (non-hydrogen) atoms. The molecule has 0 bridgehead atoms. The van der Waals surface area contributed by atoms with E-state index in [-0.39, 0.29) is 0 Å². The lowest BCUT2D eigenvalue weighted by molar-refractivity contribution is 0.219. The highest BCUT2D eigenvalue weighted by atomic mass is 79.9. The van der Waals surface area contributed by atoms with Gasteiger partial charge in [-0.05, 0) is 47.1 Å². The van der Waals surface area contributed by atoms with E-state index >= 15 is 0 Å². The average Bonchev–Trinajstić information content (AvgIpc) is 2.84. The lowest BCUT2D eigenvalue weighted by Crippen LogP contribution is -2.02. The summed E-state index contributed by atoms with van der Waals surface area (Å²) in [6.45, 7) is 2.03. The highest BCUT2D eigenvalue weighted by molar-refractivity contribution is 9.10. The summed E-state index contributed by atoms with van der Waals surface area (Å²) in [4.78, 5) is 6.67. The summed E-state index contributed by atoms with van der Waals surface area (Å²) in [5.41, 5.74) is 1.56. The molecule has 0 saturated heterocycles. The van der Waals surface area contributed by atoms with E-state index < -0.39 is 6.10 Å². The van der Waals surface area contributed by atoms with Crippen molar-refractivity contribution in [1.29, 1.82) is 0 Å². The number of aliphatic hydroxyl groups excluding tert-OH is 1. The standard InChI is InChI=1S/C15H12BrNOS/c1-9-6-7-13(19-9)15(18)14-11(16)8-10-4-2-3-5-12(10)17-14/h2-8,15,18H,1H3. The number of halogens is 1. The maximum atomic E-state index is 10.5. The van der Waals surface area contributed by atoms with E-state index in [2.05, 4.69) is 20.9 Å². The number of fused-ring (bicyclic) bond motifs is 1. The number of hydrogen-bond donors (Lipinski definition) is 1. The largest absolute Gasteiger partial charge is 0.381 e. The number of rotatable bonds is 2. The van der Waals surface area contributed by atoms with Gasteiger partial charge in [-0.25, -0.2) is 4.98 Å². The van der Waals surface area contributed by atoms with Crippen LogP contribution in [0.1, 0.15) is 21.6 Å². The molecule has 3 rings (SSSR count). The molecular formula is C15H12BrNOS. The lowest BCUT2D eigenvalue weighted by atomic mass is 10.1. The molecule has 2 heterocycles. The molecule has 1 unspecified atom stereocenters. The summed E-state index contributed by atoms with van der Waals surface area (Å²) in [6.07, 6.45) is -0.683. The monoisotopic (exact) mass is 333 g/mol. The molecule has 2 aromatic heterocycles. The molecule has 0 radical (unpaired) electrons. The van der Waals surface area contributed by atoms with Crippen LogP contribution in [-0.2, 0) is 0 Å². The molecule has 0 spiro atoms. The topological polar surface area (TPSA) is 33.1 Å². The van der Waals surface area contributed by atoms with Crippen LogP contribution in [-0.4, -0.2) is 10.1 Å². The molecule has 0 aliphatic carbocycles. The molecule has 0 fully saturated rings. The SMILES string of the molecule is Cc1ccc(C(O)c2nc3ccccc3cc2Br)s1. The summed E-state index contributed by atoms with van der Waals surface area (Å²) in [5, 5.41) is 11.5. The third-order valence-corrected chi connectivity index (χ3v) is 4.68. The van der Waals surface area contributed by atoms with Crippen molar-refractivity contribution in [2.24, 2.45) is 0 Å². The van der Waals surface area contributed by atoms with Crippen molar-refractivity contribution in [1.82, 2.24) is 4.98 Å². The predicted molar refractivity (Wildman–Crippen MR) is 82.6 cm³/mol. The molecule has 96 valence electrons. The van der Waals surface area contributed by atoms with Gasteiger partial charge in [-0.1, -0.05) is 18.2 Å². The van der Waals surface area contributed by atoms with Crippen molar-refractivity contribution in [3.8, 4) is 0 Å². The Morgan fingerprint density at radius 1 is 1.21 bits per heavy atom. The Kier molecular flexibility index (Phi) is 3.39. The van der Waals surface area contributed by atoms with Crippen molar-refractivity contribution in [2.75, 3.05) is 0 Å². The van der Waals surface area contributed by atoms with Crippen molar-refractivity contribution < 1.29 is 5.11 Å². The molecule has 3 aromatic rings. The molecule has 1 aromatic carbocycles. The van der Waals surface area contributed by atoms with Gasteiger partial charge in [-0.3, -0.25) is 0 Å². The molecule has 4 heteroatoms. The second-order valence-corrected chi connectivity index (χ2v) is 6.57. The minimum atomic E-state index is -0.683. The third-order valence-electron chi connectivity index (χ3n) is 2.99. The second kappa shape index (κ2) is 5.04. The van der Waals surface area contributed by atoms with Gasteiger partial charge >= 0.3 is 0 Å². The summed E-state index contributed by atoms with van der Waals surface area (Å²) >= 11 is 5.10. The Labute approximate surface area is 123 Å². The first kappa shape index (κ1) is 12.8. The second-order valence-electron chi connectivity index (χ2n) is 4.40. The molecule has 1 atom stereocenters. The van der Waals surface area contributed by atoms with E-state index in [1.54, 1.807) is 11.3 Å². The van der Waals surface area contributed by atoms with Crippen LogP contribution in [0.4, 0.5) is 0 Å². The van der Waals surface area contributed by atoms with Gasteiger partial charge in [-0.15, -0.1) is 11.3 Å². The van der Waals surface area contributed by atoms with Gasteiger partial charge in [0.15, 0.2) is 0 Å². The van der Waals surface area contributed by atoms with E-state index in [0.717, 1.165) is 20.3 Å². The number of hydrogen-bond acceptors (Lipinski definition) is 3. The number of aryl methyl sites for hydroxylation is 1. The molecule has 2 nitrogen and oxygen atoms in total. The van der Waals surface area contributed by atoms with Crippen LogP contribution in [0, 0.1) is 6.92 Å². The van der Waals surface area contributed by atoms with Gasteiger partial charge in [0, 0.05) is 19.6 Å². The molecule has 0 aliphatic rings. The van der Waals surface area contributed by atoms with Crippen LogP contribution >= 0.6 is 27.3 Å². The number of aromatic nitrogens is 1. The van der Waals surface area contributed by atoms with Crippen LogP contribution in [0.2, 0.25) is 0 Å². The predicted octanol–water partition coefficient (Wildman–Crippen LogP) is 4.45. The Bertz CT molecular complexity index is 738. The van der Waals surface area contributed by atoms with Gasteiger partial charge in [0.1, 0.15) is 6.10 Å². The number of thiophene rings is 1. The molecule has 0 amide bonds. The third kappa shape index (κ3) is 2.43. The molecule has 1 N–H and O–H groups in total. The first-order valence-corrected chi connectivity index (χ1v) is 7.55. The normalized spacial score (nSPS) is 12.8. The highest BCUT2D eigenvalue weighted by Crippen LogP contribution is 2.32. The van der Waals surface area contributed by atoms with Crippen LogP contribution in [0.25, 0.3) is 10.9 Å². The Morgan fingerprint density at radius 3 is 2.74 bits per heavy atom. The zero-order valence-electron chi connectivity index (χ0n) is 10.3. The molecule has 0 aliphatic heterocycles. The van der Waals surface area contributed by atoms with Crippen LogP contribution in [0.15, 0.2) is 46.9 Å². The molecule has 0 saturated carbocycles. The van der Waals surface area contributed by atoms with Crippen LogP contribution < -0.4 is 0 Å². The average molecular weight is 334 g/mol. The first-order chi connectivity index (χ1) is 9.15. The zero-order valence-corrected chi connectivity index (χ0v) is 12.7. The molecular weight excluding hydrogens is 322 g/mol. The van der Waals surface area contributed by atoms with Crippen molar-refractivity contribution in [2.45, 2.75) is 13.0 Å². The van der Waals surface area contributed by atoms with Gasteiger partial charge in [0.25, 0.3) is 0 Å². The number of pyridine rings is 1. The number of nitrogens with zero attached hydrogens (tertiary/aromatic N) is 1. The highest BCUT2D eigenvalue weighted by Gasteiger charge is 2.17. The van der Waals surface area contributed by atoms with E-state index in [4.69, 9.17) is 0 Å². The fourth-order valence-corrected chi connectivity index (χ4v) is 3.45. The smallest absolute Gasteiger partial charge is 0.131 e. The summed E-state index contributed by atoms with van der Waals surface area (Å²) < 4.78 is 0.838. The van der Waals surface area contributed by atoms with Gasteiger partial charge in [0.05, 0.1) is 11.2 Å². The van der Waals surface area contributed by atoms with Gasteiger partial charge < -0.3 is 5.11 Å². The summed E-state index contributed by atoms with van der Waals surface area (Å²) in [7, 11) is 0. The lowest BCUT2D eigenvalue weighted by Gasteiger charge is -2.11. The first-order valence-electron chi connectivity index (χ1n) is 5.95. The Morgan fingerprint density at radius 2 is 2.00 bits per heavy atom.